The molecule has 2 unspecified atom stereocenters. The fraction of sp³-hybridized carbons (Fsp3) is 0.533. The van der Waals surface area contributed by atoms with E-state index in [1.54, 1.807) is 0 Å². The van der Waals surface area contributed by atoms with Crippen molar-refractivity contribution in [3.63, 3.8) is 0 Å². The summed E-state index contributed by atoms with van der Waals surface area (Å²) in [6.45, 7) is 3.43. The van der Waals surface area contributed by atoms with Crippen LogP contribution in [0.25, 0.3) is 0 Å². The first-order valence-corrected chi connectivity index (χ1v) is 10.2. The van der Waals surface area contributed by atoms with Gasteiger partial charge >= 0.3 is 0 Å². The van der Waals surface area contributed by atoms with Gasteiger partial charge in [0.25, 0.3) is 6.65 Å². The molecule has 2 atom stereocenters. The van der Waals surface area contributed by atoms with E-state index in [-0.39, 0.29) is 0 Å². The van der Waals surface area contributed by atoms with Crippen LogP contribution in [0, 0.1) is 0 Å². The van der Waals surface area contributed by atoms with E-state index in [2.05, 4.69) is 18.8 Å². The molecule has 0 saturated carbocycles. The molecule has 0 amide bonds. The van der Waals surface area contributed by atoms with Crippen LogP contribution in [0.3, 0.4) is 0 Å². The minimum absolute atomic E-state index is 0.338. The summed E-state index contributed by atoms with van der Waals surface area (Å²) in [5, 5.41) is 0.338. The SMILES string of the molecule is CCC(C)SP(=O)(N(C)C)N(C)C(C)=Nc1ccccc1. The normalized spacial score (nSPS) is 16.6. The Morgan fingerprint density at radius 1 is 1.29 bits per heavy atom. The Balaban J connectivity index is 3.03. The molecule has 0 heterocycles. The Morgan fingerprint density at radius 2 is 1.86 bits per heavy atom. The van der Waals surface area contributed by atoms with Crippen LogP contribution < -0.4 is 0 Å². The maximum Gasteiger partial charge on any atom is 0.295 e. The summed E-state index contributed by atoms with van der Waals surface area (Å²) in [6, 6.07) is 9.75. The highest BCUT2D eigenvalue weighted by Gasteiger charge is 2.34. The third kappa shape index (κ3) is 4.87. The summed E-state index contributed by atoms with van der Waals surface area (Å²) < 4.78 is 17.0. The van der Waals surface area contributed by atoms with Crippen molar-refractivity contribution >= 4 is 29.5 Å². The van der Waals surface area contributed by atoms with Crippen molar-refractivity contribution in [2.75, 3.05) is 21.1 Å². The highest BCUT2D eigenvalue weighted by molar-refractivity contribution is 8.57. The molecule has 1 aromatic carbocycles. The third-order valence-corrected chi connectivity index (χ3v) is 9.94. The van der Waals surface area contributed by atoms with E-state index < -0.39 is 6.65 Å². The summed E-state index contributed by atoms with van der Waals surface area (Å²) in [5.41, 5.74) is 0.876. The molecule has 0 aromatic heterocycles. The van der Waals surface area contributed by atoms with Gasteiger partial charge in [-0.05, 0) is 39.6 Å². The van der Waals surface area contributed by atoms with Gasteiger partial charge in [0.05, 0.1) is 5.69 Å². The first kappa shape index (κ1) is 18.3. The average Bonchev–Trinajstić information content (AvgIpc) is 2.46. The Morgan fingerprint density at radius 3 is 2.33 bits per heavy atom. The van der Waals surface area contributed by atoms with Gasteiger partial charge in [0.15, 0.2) is 0 Å². The minimum atomic E-state index is -2.70. The van der Waals surface area contributed by atoms with Crippen LogP contribution in [0.1, 0.15) is 27.2 Å². The van der Waals surface area contributed by atoms with E-state index in [9.17, 15) is 4.57 Å². The van der Waals surface area contributed by atoms with Crippen LogP contribution in [-0.4, -0.2) is 41.6 Å². The lowest BCUT2D eigenvalue weighted by Crippen LogP contribution is -2.27. The Bertz CT molecular complexity index is 519. The summed E-state index contributed by atoms with van der Waals surface area (Å²) in [7, 11) is 5.59. The van der Waals surface area contributed by atoms with Gasteiger partial charge in [0, 0.05) is 12.3 Å². The average molecular weight is 327 g/mol. The van der Waals surface area contributed by atoms with E-state index in [1.807, 2.05) is 67.7 Å². The van der Waals surface area contributed by atoms with Crippen LogP contribution in [0.5, 0.6) is 0 Å². The zero-order valence-corrected chi connectivity index (χ0v) is 15.5. The van der Waals surface area contributed by atoms with Crippen molar-refractivity contribution < 1.29 is 4.57 Å². The predicted molar refractivity (Wildman–Crippen MR) is 95.6 cm³/mol. The second kappa shape index (κ2) is 8.02. The van der Waals surface area contributed by atoms with Gasteiger partial charge in [-0.2, -0.15) is 0 Å². The lowest BCUT2D eigenvalue weighted by molar-refractivity contribution is 0.491. The van der Waals surface area contributed by atoms with Crippen LogP contribution >= 0.6 is 18.0 Å². The topological polar surface area (TPSA) is 35.9 Å². The van der Waals surface area contributed by atoms with E-state index in [1.165, 1.54) is 11.4 Å². The number of para-hydroxylation sites is 1. The lowest BCUT2D eigenvalue weighted by Gasteiger charge is -2.34. The number of rotatable bonds is 6. The molecule has 0 aliphatic rings. The molecule has 1 aromatic rings. The number of aliphatic imine (C=N–C) groups is 1. The Labute approximate surface area is 132 Å². The van der Waals surface area contributed by atoms with Crippen molar-refractivity contribution in [2.24, 2.45) is 4.99 Å². The maximum atomic E-state index is 13.3. The van der Waals surface area contributed by atoms with E-state index in [0.717, 1.165) is 17.9 Å². The maximum absolute atomic E-state index is 13.3. The summed E-state index contributed by atoms with van der Waals surface area (Å²) in [5.74, 6) is 0.758. The van der Waals surface area contributed by atoms with Crippen molar-refractivity contribution in [1.29, 1.82) is 0 Å². The highest BCUT2D eigenvalue weighted by atomic mass is 32.7. The Hall–Kier alpha value is -0.770. The molecule has 0 aliphatic carbocycles. The molecule has 0 spiro atoms. The van der Waals surface area contributed by atoms with E-state index in [0.29, 0.717) is 5.25 Å². The molecule has 6 heteroatoms. The quantitative estimate of drug-likeness (QED) is 0.424. The van der Waals surface area contributed by atoms with Crippen molar-refractivity contribution in [1.82, 2.24) is 9.34 Å². The number of hydrogen-bond donors (Lipinski definition) is 0. The van der Waals surface area contributed by atoms with Gasteiger partial charge in [0.1, 0.15) is 5.84 Å². The van der Waals surface area contributed by atoms with Crippen molar-refractivity contribution in [2.45, 2.75) is 32.4 Å². The molecule has 0 bridgehead atoms. The number of hydrogen-bond acceptors (Lipinski definition) is 3. The molecular weight excluding hydrogens is 301 g/mol. The molecule has 0 N–H and O–H groups in total. The fourth-order valence-corrected chi connectivity index (χ4v) is 6.78. The summed E-state index contributed by atoms with van der Waals surface area (Å²) in [6.07, 6.45) is 0.991. The van der Waals surface area contributed by atoms with Gasteiger partial charge in [-0.3, -0.25) is 9.24 Å². The predicted octanol–water partition coefficient (Wildman–Crippen LogP) is 4.87. The molecule has 21 heavy (non-hydrogen) atoms. The second-order valence-electron chi connectivity index (χ2n) is 5.18. The molecule has 0 radical (unpaired) electrons. The number of benzene rings is 1. The molecule has 1 rings (SSSR count). The minimum Gasteiger partial charge on any atom is -0.294 e. The zero-order chi connectivity index (χ0) is 16.0. The first-order chi connectivity index (χ1) is 9.81. The Kier molecular flexibility index (Phi) is 6.98. The molecule has 0 aliphatic heterocycles. The molecule has 0 saturated heterocycles. The van der Waals surface area contributed by atoms with Crippen LogP contribution in [-0.2, 0) is 4.57 Å². The summed E-state index contributed by atoms with van der Waals surface area (Å²) >= 11 is 1.53. The molecule has 4 nitrogen and oxygen atoms in total. The molecular formula is C15H26N3OPS. The van der Waals surface area contributed by atoms with Gasteiger partial charge in [-0.15, -0.1) is 0 Å². The van der Waals surface area contributed by atoms with Gasteiger partial charge in [0.2, 0.25) is 0 Å². The fourth-order valence-electron chi connectivity index (χ4n) is 1.69. The smallest absolute Gasteiger partial charge is 0.294 e. The van der Waals surface area contributed by atoms with E-state index >= 15 is 0 Å². The third-order valence-electron chi connectivity index (χ3n) is 3.29. The zero-order valence-electron chi connectivity index (χ0n) is 13.8. The summed E-state index contributed by atoms with van der Waals surface area (Å²) in [4.78, 5) is 4.57. The van der Waals surface area contributed by atoms with Crippen molar-refractivity contribution in [3.05, 3.63) is 30.3 Å². The second-order valence-corrected chi connectivity index (χ2v) is 10.6. The van der Waals surface area contributed by atoms with Gasteiger partial charge < -0.3 is 0 Å². The highest BCUT2D eigenvalue weighted by Crippen LogP contribution is 2.64. The number of amidine groups is 1. The van der Waals surface area contributed by atoms with Crippen molar-refractivity contribution in [3.8, 4) is 0 Å². The van der Waals surface area contributed by atoms with Gasteiger partial charge in [-0.25, -0.2) is 9.66 Å². The monoisotopic (exact) mass is 327 g/mol. The first-order valence-electron chi connectivity index (χ1n) is 7.12. The number of nitrogens with zero attached hydrogens (tertiary/aromatic N) is 3. The van der Waals surface area contributed by atoms with Crippen LogP contribution in [0.2, 0.25) is 0 Å². The molecule has 0 fully saturated rings. The van der Waals surface area contributed by atoms with Crippen LogP contribution in [0.15, 0.2) is 35.3 Å². The standard InChI is InChI=1S/C15H26N3OPS/c1-7-13(2)21-20(19,17(4)5)18(6)14(3)16-15-11-9-8-10-12-15/h8-13H,7H2,1-6H3. The van der Waals surface area contributed by atoms with Crippen LogP contribution in [0.4, 0.5) is 5.69 Å². The van der Waals surface area contributed by atoms with E-state index in [4.69, 9.17) is 0 Å². The largest absolute Gasteiger partial charge is 0.295 e. The lowest BCUT2D eigenvalue weighted by atomic mass is 10.3. The van der Waals surface area contributed by atoms with Gasteiger partial charge in [-0.1, -0.05) is 43.4 Å². The molecule has 118 valence electrons.